The molecular formula is C63H52N2. The van der Waals surface area contributed by atoms with Gasteiger partial charge in [-0.1, -0.05) is 205 Å². The van der Waals surface area contributed by atoms with E-state index in [4.69, 9.17) is 0 Å². The second-order valence-corrected chi connectivity index (χ2v) is 19.5. The lowest BCUT2D eigenvalue weighted by Crippen LogP contribution is -2.35. The highest BCUT2D eigenvalue weighted by Gasteiger charge is 2.41. The molecule has 1 atom stereocenters. The van der Waals surface area contributed by atoms with Crippen LogP contribution in [0.5, 0.6) is 0 Å². The van der Waals surface area contributed by atoms with Gasteiger partial charge in [0.15, 0.2) is 0 Å². The molecule has 2 aliphatic heterocycles. The Balaban J connectivity index is 0.836. The number of nitrogens with zero attached hydrogens (tertiary/aromatic N) is 2. The summed E-state index contributed by atoms with van der Waals surface area (Å²) in [7, 11) is 0. The first-order valence-corrected chi connectivity index (χ1v) is 23.2. The fraction of sp³-hybridized carbons (Fsp3) is 0.143. The number of hydrogen-bond acceptors (Lipinski definition) is 2. The molecule has 0 bridgehead atoms. The van der Waals surface area contributed by atoms with Crippen molar-refractivity contribution in [1.82, 2.24) is 0 Å². The fourth-order valence-electron chi connectivity index (χ4n) is 11.3. The number of para-hydroxylation sites is 3. The molecule has 314 valence electrons. The van der Waals surface area contributed by atoms with Crippen LogP contribution in [0.4, 0.5) is 28.4 Å². The molecule has 2 aliphatic carbocycles. The van der Waals surface area contributed by atoms with Crippen molar-refractivity contribution in [3.63, 3.8) is 0 Å². The Kier molecular flexibility index (Phi) is 8.94. The molecular weight excluding hydrogens is 785 g/mol. The van der Waals surface area contributed by atoms with Crippen molar-refractivity contribution >= 4 is 63.5 Å². The number of allylic oxidation sites excluding steroid dienone is 4. The maximum absolute atomic E-state index is 2.57. The van der Waals surface area contributed by atoms with E-state index in [9.17, 15) is 0 Å². The van der Waals surface area contributed by atoms with Gasteiger partial charge in [0.25, 0.3) is 0 Å². The lowest BCUT2D eigenvalue weighted by molar-refractivity contribution is 0.578. The second-order valence-electron chi connectivity index (χ2n) is 19.5. The van der Waals surface area contributed by atoms with Gasteiger partial charge in [0.05, 0.1) is 17.1 Å². The number of anilines is 5. The summed E-state index contributed by atoms with van der Waals surface area (Å²) in [6.07, 6.45) is 14.8. The predicted molar refractivity (Wildman–Crippen MR) is 277 cm³/mol. The highest BCUT2D eigenvalue weighted by atomic mass is 15.2. The summed E-state index contributed by atoms with van der Waals surface area (Å²) in [6.45, 7) is 11.9. The maximum atomic E-state index is 2.57. The summed E-state index contributed by atoms with van der Waals surface area (Å²) < 4.78 is 0. The Morgan fingerprint density at radius 1 is 0.462 bits per heavy atom. The van der Waals surface area contributed by atoms with Crippen molar-refractivity contribution in [3.05, 3.63) is 232 Å². The normalized spacial score (nSPS) is 17.3. The molecule has 0 amide bonds. The molecule has 0 radical (unpaired) electrons. The molecule has 8 aromatic rings. The van der Waals surface area contributed by atoms with Gasteiger partial charge in [0.1, 0.15) is 0 Å². The van der Waals surface area contributed by atoms with Crippen LogP contribution in [0.3, 0.4) is 0 Å². The zero-order chi connectivity index (χ0) is 44.0. The summed E-state index contributed by atoms with van der Waals surface area (Å²) in [4.78, 5) is 5.00. The minimum atomic E-state index is -0.146. The Labute approximate surface area is 383 Å². The van der Waals surface area contributed by atoms with Gasteiger partial charge >= 0.3 is 0 Å². The number of rotatable bonds is 5. The van der Waals surface area contributed by atoms with Gasteiger partial charge in [-0.05, 0) is 121 Å². The van der Waals surface area contributed by atoms with Gasteiger partial charge in [-0.2, -0.15) is 0 Å². The number of hydrogen-bond donors (Lipinski definition) is 0. The predicted octanol–water partition coefficient (Wildman–Crippen LogP) is 17.2. The minimum Gasteiger partial charge on any atom is -0.314 e. The molecule has 0 N–H and O–H groups in total. The van der Waals surface area contributed by atoms with Gasteiger partial charge in [-0.3, -0.25) is 0 Å². The van der Waals surface area contributed by atoms with Crippen LogP contribution in [-0.4, -0.2) is 0 Å². The zero-order valence-corrected chi connectivity index (χ0v) is 37.8. The summed E-state index contributed by atoms with van der Waals surface area (Å²) in [5, 5.41) is 2.46. The van der Waals surface area contributed by atoms with E-state index in [0.29, 0.717) is 5.92 Å². The molecule has 0 spiro atoms. The van der Waals surface area contributed by atoms with Crippen molar-refractivity contribution in [2.75, 3.05) is 9.80 Å². The van der Waals surface area contributed by atoms with Crippen molar-refractivity contribution in [3.8, 4) is 22.3 Å². The average molecular weight is 837 g/mol. The summed E-state index contributed by atoms with van der Waals surface area (Å²) in [5.41, 5.74) is 22.8. The number of fused-ring (bicyclic) bond motifs is 7. The highest BCUT2D eigenvalue weighted by Crippen LogP contribution is 2.55. The standard InChI is InChI=1S/C63H52N2/c1-41-22-36-54-61(38-41)64(60-21-13-10-18-53(60)62(54,2)3)47-32-34-51-50-33-27-43(39-55(50)63(4,5)56(51)40-47)24-23-42-25-28-44(29-26-42)48-35-37-59(52-17-9-8-16-49(48)52)65-57-19-11-6-14-45(57)30-31-46-15-7-12-20-58(46)65/h6-37,39-41H,38H2,1-5H3. The lowest BCUT2D eigenvalue weighted by Gasteiger charge is -2.45. The van der Waals surface area contributed by atoms with E-state index in [1.807, 2.05) is 0 Å². The van der Waals surface area contributed by atoms with Crippen LogP contribution in [0.15, 0.2) is 193 Å². The van der Waals surface area contributed by atoms with Gasteiger partial charge < -0.3 is 9.80 Å². The van der Waals surface area contributed by atoms with Gasteiger partial charge in [0, 0.05) is 33.3 Å². The Morgan fingerprint density at radius 3 is 1.78 bits per heavy atom. The van der Waals surface area contributed by atoms with E-state index in [1.165, 1.54) is 112 Å². The highest BCUT2D eigenvalue weighted by molar-refractivity contribution is 6.08. The zero-order valence-electron chi connectivity index (χ0n) is 37.8. The summed E-state index contributed by atoms with van der Waals surface area (Å²) >= 11 is 0. The quantitative estimate of drug-likeness (QED) is 0.159. The molecule has 2 heterocycles. The van der Waals surface area contributed by atoms with Crippen LogP contribution < -0.4 is 9.80 Å². The third-order valence-electron chi connectivity index (χ3n) is 14.8. The molecule has 2 nitrogen and oxygen atoms in total. The number of benzene rings is 8. The van der Waals surface area contributed by atoms with Crippen molar-refractivity contribution in [1.29, 1.82) is 0 Å². The van der Waals surface area contributed by atoms with Crippen molar-refractivity contribution in [2.45, 2.75) is 51.9 Å². The molecule has 2 heteroatoms. The van der Waals surface area contributed by atoms with Crippen molar-refractivity contribution in [2.24, 2.45) is 5.92 Å². The molecule has 12 rings (SSSR count). The van der Waals surface area contributed by atoms with E-state index in [1.54, 1.807) is 0 Å². The SMILES string of the molecule is CC1C=CC2=C(C1)N(c1ccc3c(c1)C(C)(C)c1cc(C=Cc4ccc(-c5ccc(N6c7ccccc7C=Cc7ccccc76)c6ccccc56)cc4)ccc1-3)c1ccccc1C2(C)C. The molecule has 0 saturated heterocycles. The third-order valence-corrected chi connectivity index (χ3v) is 14.8. The topological polar surface area (TPSA) is 6.48 Å². The monoisotopic (exact) mass is 836 g/mol. The lowest BCUT2D eigenvalue weighted by atomic mass is 9.70. The van der Waals surface area contributed by atoms with E-state index in [2.05, 4.69) is 251 Å². The average Bonchev–Trinajstić information content (AvgIpc) is 3.43. The van der Waals surface area contributed by atoms with Crippen LogP contribution in [-0.2, 0) is 10.8 Å². The third kappa shape index (κ3) is 6.22. The van der Waals surface area contributed by atoms with Crippen LogP contribution in [0.25, 0.3) is 57.3 Å². The maximum Gasteiger partial charge on any atom is 0.0540 e. The minimum absolute atomic E-state index is 0.0495. The molecule has 8 aromatic carbocycles. The Hall–Kier alpha value is -7.42. The van der Waals surface area contributed by atoms with E-state index in [0.717, 1.165) is 6.42 Å². The Bertz CT molecular complexity index is 3320. The van der Waals surface area contributed by atoms with E-state index < -0.39 is 0 Å². The molecule has 65 heavy (non-hydrogen) atoms. The first kappa shape index (κ1) is 39.2. The molecule has 4 aliphatic rings. The fourth-order valence-corrected chi connectivity index (χ4v) is 11.3. The van der Waals surface area contributed by atoms with Gasteiger partial charge in [0.2, 0.25) is 0 Å². The largest absolute Gasteiger partial charge is 0.314 e. The molecule has 0 aromatic heterocycles. The first-order chi connectivity index (χ1) is 31.6. The second kappa shape index (κ2) is 14.8. The smallest absolute Gasteiger partial charge is 0.0540 e. The summed E-state index contributed by atoms with van der Waals surface area (Å²) in [5.74, 6) is 0.501. The molecule has 0 saturated carbocycles. The van der Waals surface area contributed by atoms with Gasteiger partial charge in [-0.25, -0.2) is 0 Å². The van der Waals surface area contributed by atoms with Crippen LogP contribution in [0.1, 0.15) is 80.0 Å². The molecule has 1 unspecified atom stereocenters. The van der Waals surface area contributed by atoms with Gasteiger partial charge in [-0.15, -0.1) is 0 Å². The summed E-state index contributed by atoms with van der Waals surface area (Å²) in [6, 6.07) is 63.1. The van der Waals surface area contributed by atoms with Crippen LogP contribution in [0, 0.1) is 5.92 Å². The first-order valence-electron chi connectivity index (χ1n) is 23.2. The van der Waals surface area contributed by atoms with Crippen LogP contribution >= 0.6 is 0 Å². The Morgan fingerprint density at radius 2 is 1.05 bits per heavy atom. The van der Waals surface area contributed by atoms with Crippen LogP contribution in [0.2, 0.25) is 0 Å². The van der Waals surface area contributed by atoms with E-state index >= 15 is 0 Å². The molecule has 0 fully saturated rings. The van der Waals surface area contributed by atoms with E-state index in [-0.39, 0.29) is 10.8 Å². The van der Waals surface area contributed by atoms with Crippen molar-refractivity contribution < 1.29 is 0 Å².